The van der Waals surface area contributed by atoms with E-state index >= 15 is 0 Å². The summed E-state index contributed by atoms with van der Waals surface area (Å²) in [5, 5.41) is 6.41. The van der Waals surface area contributed by atoms with Gasteiger partial charge < -0.3 is 15.5 Å². The first-order valence-corrected chi connectivity index (χ1v) is 7.78. The predicted molar refractivity (Wildman–Crippen MR) is 85.6 cm³/mol. The third kappa shape index (κ3) is 2.76. The molecule has 0 unspecified atom stereocenters. The summed E-state index contributed by atoms with van der Waals surface area (Å²) in [7, 11) is 1.80. The van der Waals surface area contributed by atoms with Crippen molar-refractivity contribution in [3.05, 3.63) is 28.8 Å². The van der Waals surface area contributed by atoms with Crippen LogP contribution in [0.2, 0.25) is 5.02 Å². The Morgan fingerprint density at radius 1 is 1.41 bits per heavy atom. The van der Waals surface area contributed by atoms with Gasteiger partial charge in [-0.1, -0.05) is 11.6 Å². The molecule has 0 bridgehead atoms. The zero-order valence-corrected chi connectivity index (χ0v) is 13.2. The molecule has 1 aromatic carbocycles. The van der Waals surface area contributed by atoms with Crippen molar-refractivity contribution in [3.63, 3.8) is 0 Å². The maximum absolute atomic E-state index is 12.7. The van der Waals surface area contributed by atoms with E-state index in [2.05, 4.69) is 10.6 Å². The van der Waals surface area contributed by atoms with E-state index in [1.807, 2.05) is 0 Å². The predicted octanol–water partition coefficient (Wildman–Crippen LogP) is 1.30. The number of hydrogen-bond acceptors (Lipinski definition) is 3. The molecule has 0 aliphatic carbocycles. The minimum absolute atomic E-state index is 0.111. The Morgan fingerprint density at radius 2 is 2.23 bits per heavy atom. The second kappa shape index (κ2) is 6.14. The molecule has 3 rings (SSSR count). The normalized spacial score (nSPS) is 21.1. The minimum atomic E-state index is -0.144. The lowest BCUT2D eigenvalue weighted by atomic mass is 10.1. The quantitative estimate of drug-likeness (QED) is 0.881. The summed E-state index contributed by atoms with van der Waals surface area (Å²) in [6.45, 7) is 2.92. The number of carbonyl (C=O) groups is 2. The van der Waals surface area contributed by atoms with Crippen molar-refractivity contribution in [2.75, 3.05) is 38.1 Å². The summed E-state index contributed by atoms with van der Waals surface area (Å²) in [4.78, 5) is 27.8. The molecule has 0 radical (unpaired) electrons. The first-order chi connectivity index (χ1) is 10.6. The van der Waals surface area contributed by atoms with E-state index in [-0.39, 0.29) is 18.0 Å². The standard InChI is InChI=1S/C15H19ClN4O2/c1-19(11-4-5-17-9-11)14(21)12-8-10(2-3-13(12)16)20-7-6-18-15(20)22/h2-3,8,11,17H,4-7,9H2,1H3,(H,18,22)/t11-/m1/s1. The summed E-state index contributed by atoms with van der Waals surface area (Å²) >= 11 is 6.20. The number of nitrogens with zero attached hydrogens (tertiary/aromatic N) is 2. The van der Waals surface area contributed by atoms with Crippen LogP contribution in [-0.4, -0.2) is 56.1 Å². The summed E-state index contributed by atoms with van der Waals surface area (Å²) in [6.07, 6.45) is 0.939. The van der Waals surface area contributed by atoms with Crippen LogP contribution < -0.4 is 15.5 Å². The van der Waals surface area contributed by atoms with Crippen LogP contribution >= 0.6 is 11.6 Å². The van der Waals surface area contributed by atoms with Gasteiger partial charge in [0.1, 0.15) is 0 Å². The van der Waals surface area contributed by atoms with Gasteiger partial charge in [-0.3, -0.25) is 9.69 Å². The molecule has 1 aromatic rings. The number of carbonyl (C=O) groups excluding carboxylic acids is 2. The Hall–Kier alpha value is -1.79. The van der Waals surface area contributed by atoms with Crippen molar-refractivity contribution >= 4 is 29.2 Å². The van der Waals surface area contributed by atoms with E-state index < -0.39 is 0 Å². The first-order valence-electron chi connectivity index (χ1n) is 7.40. The summed E-state index contributed by atoms with van der Waals surface area (Å²) in [5.41, 5.74) is 1.13. The highest BCUT2D eigenvalue weighted by molar-refractivity contribution is 6.34. The van der Waals surface area contributed by atoms with Crippen molar-refractivity contribution in [2.45, 2.75) is 12.5 Å². The number of likely N-dealkylation sites (N-methyl/N-ethyl adjacent to an activating group) is 1. The van der Waals surface area contributed by atoms with E-state index in [0.29, 0.717) is 29.4 Å². The van der Waals surface area contributed by atoms with E-state index in [4.69, 9.17) is 11.6 Å². The Bertz CT molecular complexity index is 601. The largest absolute Gasteiger partial charge is 0.337 e. The number of amides is 3. The number of nitrogens with one attached hydrogen (secondary N) is 2. The van der Waals surface area contributed by atoms with Gasteiger partial charge in [-0.25, -0.2) is 4.79 Å². The van der Waals surface area contributed by atoms with Gasteiger partial charge in [0.15, 0.2) is 0 Å². The van der Waals surface area contributed by atoms with Gasteiger partial charge in [0.05, 0.1) is 10.6 Å². The molecule has 0 saturated carbocycles. The molecule has 2 aliphatic heterocycles. The highest BCUT2D eigenvalue weighted by Crippen LogP contribution is 2.26. The van der Waals surface area contributed by atoms with Gasteiger partial charge in [0.2, 0.25) is 0 Å². The Labute approximate surface area is 134 Å². The van der Waals surface area contributed by atoms with Gasteiger partial charge in [0, 0.05) is 38.4 Å². The topological polar surface area (TPSA) is 64.7 Å². The Morgan fingerprint density at radius 3 is 2.86 bits per heavy atom. The third-order valence-electron chi connectivity index (χ3n) is 4.25. The van der Waals surface area contributed by atoms with Gasteiger partial charge in [-0.15, -0.1) is 0 Å². The fraction of sp³-hybridized carbons (Fsp3) is 0.467. The molecule has 2 heterocycles. The third-order valence-corrected chi connectivity index (χ3v) is 4.58. The van der Waals surface area contributed by atoms with Crippen molar-refractivity contribution in [1.29, 1.82) is 0 Å². The SMILES string of the molecule is CN(C(=O)c1cc(N2CCNC2=O)ccc1Cl)[C@@H]1CCNC1. The number of urea groups is 1. The second-order valence-corrected chi connectivity index (χ2v) is 6.02. The molecule has 0 aromatic heterocycles. The molecular formula is C15H19ClN4O2. The monoisotopic (exact) mass is 322 g/mol. The van der Waals surface area contributed by atoms with Crippen LogP contribution in [0.1, 0.15) is 16.8 Å². The molecule has 2 saturated heterocycles. The second-order valence-electron chi connectivity index (χ2n) is 5.61. The van der Waals surface area contributed by atoms with Crippen LogP contribution in [0.4, 0.5) is 10.5 Å². The van der Waals surface area contributed by atoms with E-state index in [1.165, 1.54) is 0 Å². The molecule has 6 nitrogen and oxygen atoms in total. The number of benzene rings is 1. The summed E-state index contributed by atoms with van der Waals surface area (Å²) in [5.74, 6) is -0.111. The zero-order valence-electron chi connectivity index (χ0n) is 12.4. The van der Waals surface area contributed by atoms with Crippen LogP contribution in [0.25, 0.3) is 0 Å². The molecule has 0 spiro atoms. The van der Waals surface area contributed by atoms with Gasteiger partial charge in [-0.2, -0.15) is 0 Å². The maximum atomic E-state index is 12.7. The molecule has 22 heavy (non-hydrogen) atoms. The number of anilines is 1. The van der Waals surface area contributed by atoms with Crippen molar-refractivity contribution in [2.24, 2.45) is 0 Å². The van der Waals surface area contributed by atoms with E-state index in [0.717, 1.165) is 19.5 Å². The lowest BCUT2D eigenvalue weighted by molar-refractivity contribution is 0.0744. The Kier molecular flexibility index (Phi) is 4.22. The lowest BCUT2D eigenvalue weighted by Crippen LogP contribution is -2.38. The van der Waals surface area contributed by atoms with Crippen LogP contribution in [0.15, 0.2) is 18.2 Å². The molecule has 2 fully saturated rings. The molecule has 1 atom stereocenters. The minimum Gasteiger partial charge on any atom is -0.337 e. The Balaban J connectivity index is 1.85. The van der Waals surface area contributed by atoms with Gasteiger partial charge in [-0.05, 0) is 31.2 Å². The van der Waals surface area contributed by atoms with Crippen molar-refractivity contribution < 1.29 is 9.59 Å². The van der Waals surface area contributed by atoms with Gasteiger partial charge >= 0.3 is 6.03 Å². The fourth-order valence-corrected chi connectivity index (χ4v) is 3.09. The smallest absolute Gasteiger partial charge is 0.321 e. The molecule has 7 heteroatoms. The van der Waals surface area contributed by atoms with E-state index in [1.54, 1.807) is 35.0 Å². The number of hydrogen-bond donors (Lipinski definition) is 2. The molecule has 3 amide bonds. The molecule has 2 aliphatic rings. The maximum Gasteiger partial charge on any atom is 0.321 e. The number of halogens is 1. The van der Waals surface area contributed by atoms with Crippen LogP contribution in [0.3, 0.4) is 0 Å². The lowest BCUT2D eigenvalue weighted by Gasteiger charge is -2.25. The summed E-state index contributed by atoms with van der Waals surface area (Å²) in [6, 6.07) is 5.18. The van der Waals surface area contributed by atoms with Crippen molar-refractivity contribution in [1.82, 2.24) is 15.5 Å². The molecular weight excluding hydrogens is 304 g/mol. The van der Waals surface area contributed by atoms with Gasteiger partial charge in [0.25, 0.3) is 5.91 Å². The number of rotatable bonds is 3. The average Bonchev–Trinajstić information content (AvgIpc) is 3.18. The van der Waals surface area contributed by atoms with Crippen LogP contribution in [-0.2, 0) is 0 Å². The fourth-order valence-electron chi connectivity index (χ4n) is 2.89. The average molecular weight is 323 g/mol. The highest BCUT2D eigenvalue weighted by Gasteiger charge is 2.27. The van der Waals surface area contributed by atoms with Crippen LogP contribution in [0.5, 0.6) is 0 Å². The molecule has 2 N–H and O–H groups in total. The first kappa shape index (κ1) is 15.1. The van der Waals surface area contributed by atoms with Crippen LogP contribution in [0, 0.1) is 0 Å². The molecule has 118 valence electrons. The van der Waals surface area contributed by atoms with E-state index in [9.17, 15) is 9.59 Å². The van der Waals surface area contributed by atoms with Crippen molar-refractivity contribution in [3.8, 4) is 0 Å². The zero-order chi connectivity index (χ0) is 15.7. The summed E-state index contributed by atoms with van der Waals surface area (Å²) < 4.78 is 0. The highest BCUT2D eigenvalue weighted by atomic mass is 35.5.